The molecule has 1 atom stereocenters. The molecule has 2 aromatic carbocycles. The lowest BCUT2D eigenvalue weighted by molar-refractivity contribution is 0.477. The monoisotopic (exact) mass is 491 g/mol. The van der Waals surface area contributed by atoms with Crippen molar-refractivity contribution in [2.24, 2.45) is 0 Å². The smallest absolute Gasteiger partial charge is 0.282 e. The first-order valence-electron chi connectivity index (χ1n) is 12.0. The highest BCUT2D eigenvalue weighted by Crippen LogP contribution is 2.38. The molecule has 9 heteroatoms. The summed E-state index contributed by atoms with van der Waals surface area (Å²) in [6, 6.07) is 16.4. The summed E-state index contributed by atoms with van der Waals surface area (Å²) in [6.07, 6.45) is 5.09. The Kier molecular flexibility index (Phi) is 5.26. The van der Waals surface area contributed by atoms with Gasteiger partial charge >= 0.3 is 0 Å². The molecule has 6 rings (SSSR count). The molecule has 4 heterocycles. The number of phenolic OH excluding ortho intramolecular Hbond substituents is 1. The van der Waals surface area contributed by atoms with Crippen LogP contribution in [0, 0.1) is 13.8 Å². The number of H-pyrrole nitrogens is 1. The van der Waals surface area contributed by atoms with E-state index in [4.69, 9.17) is 5.10 Å². The number of nitrogens with one attached hydrogen (secondary N) is 2. The van der Waals surface area contributed by atoms with Gasteiger partial charge in [0.25, 0.3) is 5.56 Å². The fourth-order valence-electron chi connectivity index (χ4n) is 4.76. The third-order valence-corrected chi connectivity index (χ3v) is 6.58. The lowest BCUT2D eigenvalue weighted by Crippen LogP contribution is -2.29. The van der Waals surface area contributed by atoms with Gasteiger partial charge in [-0.25, -0.2) is 14.5 Å². The molecule has 184 valence electrons. The molecule has 4 aromatic heterocycles. The summed E-state index contributed by atoms with van der Waals surface area (Å²) in [5.74, 6) is 1.26. The normalized spacial score (nSPS) is 12.3. The van der Waals surface area contributed by atoms with E-state index in [1.54, 1.807) is 21.3 Å². The van der Waals surface area contributed by atoms with Gasteiger partial charge in [0.2, 0.25) is 0 Å². The number of hydrogen-bond acceptors (Lipinski definition) is 6. The van der Waals surface area contributed by atoms with E-state index in [0.717, 1.165) is 27.8 Å². The van der Waals surface area contributed by atoms with Gasteiger partial charge < -0.3 is 15.4 Å². The first kappa shape index (κ1) is 22.5. The standard InChI is InChI=1S/C28H25N7O2/c1-16-9-10-22(36)20(13-16)21-14-29-25-23(21)26(31-15-30-25)32-18(3)27-33-34-12-11-17(2)24(34)28(37)35(27)19-7-5-4-6-8-19/h4-15,18,36H,1-3H3,(H2,29,30,31,32)/t18-/m0/s1. The maximum Gasteiger partial charge on any atom is 0.282 e. The van der Waals surface area contributed by atoms with Crippen LogP contribution in [-0.2, 0) is 0 Å². The second kappa shape index (κ2) is 8.63. The number of aromatic amines is 1. The number of aromatic nitrogens is 6. The first-order chi connectivity index (χ1) is 17.9. The quantitative estimate of drug-likeness (QED) is 0.316. The number of hydrogen-bond donors (Lipinski definition) is 3. The number of aryl methyl sites for hydroxylation is 2. The SMILES string of the molecule is Cc1ccc(O)c(-c2c[nH]c3ncnc(N[C@@H](C)c4nn5ccc(C)c5c(=O)n4-c4ccccc4)c23)c1. The van der Waals surface area contributed by atoms with Crippen LogP contribution in [0.3, 0.4) is 0 Å². The van der Waals surface area contributed by atoms with E-state index in [0.29, 0.717) is 28.4 Å². The molecule has 0 bridgehead atoms. The Hall–Kier alpha value is -4.92. The van der Waals surface area contributed by atoms with Crippen LogP contribution in [-0.4, -0.2) is 34.2 Å². The Morgan fingerprint density at radius 1 is 1.03 bits per heavy atom. The molecule has 0 unspecified atom stereocenters. The Morgan fingerprint density at radius 2 is 1.84 bits per heavy atom. The number of para-hydroxylation sites is 1. The molecule has 0 aliphatic heterocycles. The van der Waals surface area contributed by atoms with Crippen molar-refractivity contribution in [2.45, 2.75) is 26.8 Å². The molecule has 0 fully saturated rings. The summed E-state index contributed by atoms with van der Waals surface area (Å²) >= 11 is 0. The van der Waals surface area contributed by atoms with Crippen LogP contribution in [0.15, 0.2) is 78.1 Å². The summed E-state index contributed by atoms with van der Waals surface area (Å²) in [7, 11) is 0. The Morgan fingerprint density at radius 3 is 2.65 bits per heavy atom. The van der Waals surface area contributed by atoms with Crippen LogP contribution >= 0.6 is 0 Å². The number of nitrogens with zero attached hydrogens (tertiary/aromatic N) is 5. The topological polar surface area (TPSA) is 113 Å². The molecule has 0 spiro atoms. The predicted octanol–water partition coefficient (Wildman–Crippen LogP) is 4.92. The molecular formula is C28H25N7O2. The number of rotatable bonds is 5. The second-order valence-electron chi connectivity index (χ2n) is 9.16. The molecule has 0 aliphatic rings. The highest BCUT2D eigenvalue weighted by atomic mass is 16.3. The number of fused-ring (bicyclic) bond motifs is 2. The lowest BCUT2D eigenvalue weighted by atomic mass is 10.0. The molecule has 0 saturated heterocycles. The fourth-order valence-corrected chi connectivity index (χ4v) is 4.76. The van der Waals surface area contributed by atoms with Gasteiger partial charge in [-0.3, -0.25) is 9.36 Å². The minimum atomic E-state index is -0.410. The largest absolute Gasteiger partial charge is 0.507 e. The molecule has 0 saturated carbocycles. The van der Waals surface area contributed by atoms with E-state index in [1.165, 1.54) is 6.33 Å². The van der Waals surface area contributed by atoms with Gasteiger partial charge in [0.05, 0.1) is 17.1 Å². The summed E-state index contributed by atoms with van der Waals surface area (Å²) in [4.78, 5) is 25.8. The van der Waals surface area contributed by atoms with Gasteiger partial charge in [-0.15, -0.1) is 0 Å². The van der Waals surface area contributed by atoms with Crippen molar-refractivity contribution in [2.75, 3.05) is 5.32 Å². The highest BCUT2D eigenvalue weighted by Gasteiger charge is 2.22. The summed E-state index contributed by atoms with van der Waals surface area (Å²) in [5.41, 5.74) is 5.09. The molecule has 37 heavy (non-hydrogen) atoms. The van der Waals surface area contributed by atoms with Crippen molar-refractivity contribution in [1.82, 2.24) is 29.1 Å². The third-order valence-electron chi connectivity index (χ3n) is 6.58. The number of phenols is 1. The average molecular weight is 492 g/mol. The van der Waals surface area contributed by atoms with Gasteiger partial charge in [-0.1, -0.05) is 29.8 Å². The molecule has 9 nitrogen and oxygen atoms in total. The molecule has 0 amide bonds. The Balaban J connectivity index is 1.51. The van der Waals surface area contributed by atoms with E-state index in [9.17, 15) is 9.90 Å². The third kappa shape index (κ3) is 3.72. The van der Waals surface area contributed by atoms with Crippen LogP contribution < -0.4 is 10.9 Å². The van der Waals surface area contributed by atoms with Crippen molar-refractivity contribution < 1.29 is 5.11 Å². The second-order valence-corrected chi connectivity index (χ2v) is 9.16. The van der Waals surface area contributed by atoms with Crippen LogP contribution in [0.2, 0.25) is 0 Å². The number of benzene rings is 2. The molecule has 0 radical (unpaired) electrons. The fraction of sp³-hybridized carbons (Fsp3) is 0.143. The highest BCUT2D eigenvalue weighted by molar-refractivity contribution is 6.02. The van der Waals surface area contributed by atoms with E-state index in [-0.39, 0.29) is 11.3 Å². The van der Waals surface area contributed by atoms with E-state index in [1.807, 2.05) is 75.5 Å². The Bertz CT molecular complexity index is 1830. The van der Waals surface area contributed by atoms with Crippen LogP contribution in [0.5, 0.6) is 5.75 Å². The zero-order valence-corrected chi connectivity index (χ0v) is 20.6. The minimum Gasteiger partial charge on any atom is -0.507 e. The number of anilines is 1. The molecule has 3 N–H and O–H groups in total. The van der Waals surface area contributed by atoms with Crippen molar-refractivity contribution in [3.63, 3.8) is 0 Å². The van der Waals surface area contributed by atoms with Gasteiger partial charge in [0.1, 0.15) is 29.1 Å². The predicted molar refractivity (Wildman–Crippen MR) is 143 cm³/mol. The zero-order valence-electron chi connectivity index (χ0n) is 20.6. The van der Waals surface area contributed by atoms with Crippen LogP contribution in [0.4, 0.5) is 5.82 Å². The van der Waals surface area contributed by atoms with E-state index >= 15 is 0 Å². The molecule has 0 aliphatic carbocycles. The molecule has 6 aromatic rings. The van der Waals surface area contributed by atoms with Crippen molar-refractivity contribution in [1.29, 1.82) is 0 Å². The van der Waals surface area contributed by atoms with E-state index in [2.05, 4.69) is 20.3 Å². The lowest BCUT2D eigenvalue weighted by Gasteiger charge is -2.20. The van der Waals surface area contributed by atoms with E-state index < -0.39 is 6.04 Å². The van der Waals surface area contributed by atoms with Crippen LogP contribution in [0.1, 0.15) is 29.9 Å². The number of aromatic hydroxyl groups is 1. The van der Waals surface area contributed by atoms with Gasteiger partial charge in [0.15, 0.2) is 5.82 Å². The van der Waals surface area contributed by atoms with Gasteiger partial charge in [0, 0.05) is 23.5 Å². The average Bonchev–Trinajstić information content (AvgIpc) is 3.50. The summed E-state index contributed by atoms with van der Waals surface area (Å²) in [6.45, 7) is 5.82. The van der Waals surface area contributed by atoms with Crippen molar-refractivity contribution in [3.05, 3.63) is 101 Å². The minimum absolute atomic E-state index is 0.146. The Labute approximate surface area is 212 Å². The molecular weight excluding hydrogens is 466 g/mol. The summed E-state index contributed by atoms with van der Waals surface area (Å²) in [5, 5.41) is 19.6. The first-order valence-corrected chi connectivity index (χ1v) is 12.0. The summed E-state index contributed by atoms with van der Waals surface area (Å²) < 4.78 is 3.27. The van der Waals surface area contributed by atoms with Gasteiger partial charge in [-0.05, 0) is 56.7 Å². The van der Waals surface area contributed by atoms with Gasteiger partial charge in [-0.2, -0.15) is 5.10 Å². The van der Waals surface area contributed by atoms with Crippen molar-refractivity contribution >= 4 is 22.4 Å². The van der Waals surface area contributed by atoms with Crippen molar-refractivity contribution in [3.8, 4) is 22.6 Å². The maximum absolute atomic E-state index is 13.7. The van der Waals surface area contributed by atoms with Crippen LogP contribution in [0.25, 0.3) is 33.4 Å². The zero-order chi connectivity index (χ0) is 25.7. The maximum atomic E-state index is 13.7.